The Hall–Kier alpha value is -1.34. The first kappa shape index (κ1) is 21.7. The molecule has 14 heteroatoms. The largest absolute Gasteiger partial charge is 0.462 e. The third-order valence-corrected chi connectivity index (χ3v) is 3.19. The van der Waals surface area contributed by atoms with Crippen LogP contribution in [0.1, 0.15) is 25.7 Å². The molecule has 1 fully saturated rings. The third-order valence-electron chi connectivity index (χ3n) is 3.19. The number of carbonyl (C=O) groups is 1. The van der Waals surface area contributed by atoms with Crippen LogP contribution < -0.4 is 0 Å². The van der Waals surface area contributed by atoms with Gasteiger partial charge in [0, 0.05) is 0 Å². The highest BCUT2D eigenvalue weighted by atomic mass is 19.4. The molecule has 0 heterocycles. The first-order valence-corrected chi connectivity index (χ1v) is 6.45. The van der Waals surface area contributed by atoms with Crippen molar-refractivity contribution in [2.75, 3.05) is 0 Å². The number of ether oxygens (including phenoxy) is 2. The van der Waals surface area contributed by atoms with Gasteiger partial charge in [0.25, 0.3) is 0 Å². The molecule has 1 aliphatic carbocycles. The first-order valence-electron chi connectivity index (χ1n) is 6.45. The number of hydrogen-bond donors (Lipinski definition) is 0. The minimum atomic E-state index is -7.21. The van der Waals surface area contributed by atoms with Crippen molar-refractivity contribution in [3.8, 4) is 0 Å². The van der Waals surface area contributed by atoms with Crippen molar-refractivity contribution in [1.29, 1.82) is 0 Å². The Morgan fingerprint density at radius 2 is 1.20 bits per heavy atom. The van der Waals surface area contributed by atoms with E-state index in [0.717, 1.165) is 0 Å². The molecule has 0 aliphatic heterocycles. The van der Waals surface area contributed by atoms with Crippen molar-refractivity contribution in [1.82, 2.24) is 0 Å². The molecular weight excluding hydrogens is 389 g/mol. The van der Waals surface area contributed by atoms with E-state index in [1.54, 1.807) is 0 Å². The Morgan fingerprint density at radius 3 is 1.56 bits per heavy atom. The Labute approximate surface area is 132 Å². The standard InChI is InChI=1S/C11H9F11O3/c12-7(9(15,16)17,6(23)24-5-3-1-2-4-5)25-11(21,22)8(13,14)10(18,19)20/h5H,1-4H2/t7-/m0/s1. The Morgan fingerprint density at radius 1 is 0.760 bits per heavy atom. The average molecular weight is 398 g/mol. The van der Waals surface area contributed by atoms with Gasteiger partial charge >= 0.3 is 36.2 Å². The fourth-order valence-corrected chi connectivity index (χ4v) is 1.85. The molecule has 0 bridgehead atoms. The van der Waals surface area contributed by atoms with Crippen LogP contribution in [0.3, 0.4) is 0 Å². The van der Waals surface area contributed by atoms with Crippen LogP contribution in [-0.2, 0) is 14.3 Å². The summed E-state index contributed by atoms with van der Waals surface area (Å²) in [4.78, 5) is 11.2. The van der Waals surface area contributed by atoms with Crippen molar-refractivity contribution in [3.63, 3.8) is 0 Å². The average Bonchev–Trinajstić information content (AvgIpc) is 2.87. The molecule has 0 spiro atoms. The third kappa shape index (κ3) is 4.08. The van der Waals surface area contributed by atoms with Gasteiger partial charge in [0.2, 0.25) is 0 Å². The molecule has 3 nitrogen and oxygen atoms in total. The summed E-state index contributed by atoms with van der Waals surface area (Å²) in [7, 11) is 0. The van der Waals surface area contributed by atoms with Crippen LogP contribution in [0.4, 0.5) is 48.3 Å². The topological polar surface area (TPSA) is 35.5 Å². The molecule has 0 amide bonds. The van der Waals surface area contributed by atoms with Crippen molar-refractivity contribution in [2.45, 2.75) is 62.0 Å². The van der Waals surface area contributed by atoms with Gasteiger partial charge in [0.05, 0.1) is 0 Å². The van der Waals surface area contributed by atoms with Crippen LogP contribution in [0.5, 0.6) is 0 Å². The minimum Gasteiger partial charge on any atom is -0.458 e. The van der Waals surface area contributed by atoms with E-state index in [9.17, 15) is 53.1 Å². The van der Waals surface area contributed by atoms with E-state index < -0.39 is 42.3 Å². The first-order chi connectivity index (χ1) is 11.0. The SMILES string of the molecule is O=C(OC1CCCC1)[C@](F)(OC(F)(F)C(F)(F)C(F)(F)F)C(F)(F)F. The highest BCUT2D eigenvalue weighted by Gasteiger charge is 2.80. The van der Waals surface area contributed by atoms with Crippen LogP contribution in [-0.4, -0.2) is 42.3 Å². The Kier molecular flexibility index (Phi) is 5.58. The molecule has 0 aromatic heterocycles. The van der Waals surface area contributed by atoms with Crippen LogP contribution in [0.25, 0.3) is 0 Å². The van der Waals surface area contributed by atoms with Crippen molar-refractivity contribution < 1.29 is 62.6 Å². The van der Waals surface area contributed by atoms with Gasteiger partial charge < -0.3 is 4.74 Å². The lowest BCUT2D eigenvalue weighted by Crippen LogP contribution is -2.62. The van der Waals surface area contributed by atoms with Gasteiger partial charge in [-0.1, -0.05) is 0 Å². The molecule has 0 saturated heterocycles. The molecule has 0 aromatic rings. The van der Waals surface area contributed by atoms with E-state index in [2.05, 4.69) is 9.47 Å². The van der Waals surface area contributed by atoms with Crippen molar-refractivity contribution >= 4 is 5.97 Å². The van der Waals surface area contributed by atoms with Crippen molar-refractivity contribution in [3.05, 3.63) is 0 Å². The number of halogens is 11. The maximum Gasteiger partial charge on any atom is 0.462 e. The number of alkyl halides is 11. The molecule has 1 rings (SSSR count). The maximum absolute atomic E-state index is 13.8. The van der Waals surface area contributed by atoms with Crippen LogP contribution in [0.15, 0.2) is 0 Å². The normalized spacial score (nSPS) is 20.4. The number of rotatable bonds is 5. The summed E-state index contributed by atoms with van der Waals surface area (Å²) in [5.74, 6) is -16.6. The Bertz CT molecular complexity index is 492. The molecule has 148 valence electrons. The molecule has 1 aliphatic rings. The predicted molar refractivity (Wildman–Crippen MR) is 55.3 cm³/mol. The number of carbonyl (C=O) groups excluding carboxylic acids is 1. The summed E-state index contributed by atoms with van der Waals surface area (Å²) in [6, 6.07) is 0. The molecule has 1 atom stereocenters. The zero-order chi connectivity index (χ0) is 19.9. The lowest BCUT2D eigenvalue weighted by Gasteiger charge is -2.34. The van der Waals surface area contributed by atoms with Gasteiger partial charge in [0.1, 0.15) is 6.10 Å². The second-order valence-corrected chi connectivity index (χ2v) is 5.10. The van der Waals surface area contributed by atoms with Gasteiger partial charge in [-0.05, 0) is 25.7 Å². The second kappa shape index (κ2) is 6.43. The predicted octanol–water partition coefficient (Wildman–Crippen LogP) is 4.51. The molecule has 25 heavy (non-hydrogen) atoms. The fraction of sp³-hybridized carbons (Fsp3) is 0.909. The second-order valence-electron chi connectivity index (χ2n) is 5.10. The quantitative estimate of drug-likeness (QED) is 0.505. The summed E-state index contributed by atoms with van der Waals surface area (Å²) in [6.07, 6.45) is -21.7. The lowest BCUT2D eigenvalue weighted by molar-refractivity contribution is -0.475. The van der Waals surface area contributed by atoms with Gasteiger partial charge in [-0.25, -0.2) is 4.79 Å². The smallest absolute Gasteiger partial charge is 0.458 e. The summed E-state index contributed by atoms with van der Waals surface area (Å²) in [5.41, 5.74) is 0. The summed E-state index contributed by atoms with van der Waals surface area (Å²) >= 11 is 0. The van der Waals surface area contributed by atoms with Crippen LogP contribution >= 0.6 is 0 Å². The van der Waals surface area contributed by atoms with E-state index >= 15 is 0 Å². The van der Waals surface area contributed by atoms with Gasteiger partial charge in [-0.2, -0.15) is 48.3 Å². The minimum absolute atomic E-state index is 0.0746. The summed E-state index contributed by atoms with van der Waals surface area (Å²) < 4.78 is 144. The molecule has 0 unspecified atom stereocenters. The maximum atomic E-state index is 13.8. The van der Waals surface area contributed by atoms with E-state index in [0.29, 0.717) is 12.8 Å². The van der Waals surface area contributed by atoms with Crippen molar-refractivity contribution in [2.24, 2.45) is 0 Å². The number of esters is 1. The highest BCUT2D eigenvalue weighted by molar-refractivity contribution is 5.79. The van der Waals surface area contributed by atoms with Gasteiger partial charge in [0.15, 0.2) is 0 Å². The van der Waals surface area contributed by atoms with Crippen LogP contribution in [0, 0.1) is 0 Å². The molecular formula is C11H9F11O3. The van der Waals surface area contributed by atoms with E-state index in [4.69, 9.17) is 0 Å². The highest BCUT2D eigenvalue weighted by Crippen LogP contribution is 2.51. The summed E-state index contributed by atoms with van der Waals surface area (Å²) in [6.45, 7) is 0. The van der Waals surface area contributed by atoms with Crippen LogP contribution in [0.2, 0.25) is 0 Å². The van der Waals surface area contributed by atoms with Gasteiger partial charge in [-0.3, -0.25) is 4.74 Å². The van der Waals surface area contributed by atoms with E-state index in [-0.39, 0.29) is 12.8 Å². The van der Waals surface area contributed by atoms with Gasteiger partial charge in [-0.15, -0.1) is 0 Å². The Balaban J connectivity index is 3.16. The zero-order valence-corrected chi connectivity index (χ0v) is 11.8. The number of hydrogen-bond acceptors (Lipinski definition) is 3. The lowest BCUT2D eigenvalue weighted by atomic mass is 10.2. The van der Waals surface area contributed by atoms with E-state index in [1.165, 1.54) is 0 Å². The van der Waals surface area contributed by atoms with E-state index in [1.807, 2.05) is 0 Å². The molecule has 0 N–H and O–H groups in total. The molecule has 0 aromatic carbocycles. The fourth-order valence-electron chi connectivity index (χ4n) is 1.85. The summed E-state index contributed by atoms with van der Waals surface area (Å²) in [5, 5.41) is 0. The molecule has 1 saturated carbocycles. The molecule has 0 radical (unpaired) electrons. The monoisotopic (exact) mass is 398 g/mol. The zero-order valence-electron chi connectivity index (χ0n) is 11.8.